The number of rotatable bonds is 13. The van der Waals surface area contributed by atoms with E-state index in [-0.39, 0.29) is 6.61 Å². The van der Waals surface area contributed by atoms with E-state index < -0.39 is 0 Å². The minimum atomic E-state index is 0.269. The Morgan fingerprint density at radius 3 is 2.32 bits per heavy atom. The summed E-state index contributed by atoms with van der Waals surface area (Å²) < 4.78 is 5.88. The summed E-state index contributed by atoms with van der Waals surface area (Å²) in [6.45, 7) is 6.19. The first kappa shape index (κ1) is 19.7. The van der Waals surface area contributed by atoms with Crippen LogP contribution in [0.2, 0.25) is 0 Å². The molecule has 2 rings (SSSR count). The standard InChI is InChI=1S/C22H33NO2/c1-2-23(16-17-24)15-9-5-3-4-6-10-18-25-22-14-13-20-11-7-8-12-21(20)19-22/h7-8,11-14,19,24H,2-6,9-10,15-18H2,1H3. The van der Waals surface area contributed by atoms with E-state index in [1.807, 2.05) is 0 Å². The average Bonchev–Trinajstić information content (AvgIpc) is 2.65. The molecule has 0 radical (unpaired) electrons. The fourth-order valence-corrected chi connectivity index (χ4v) is 3.16. The van der Waals surface area contributed by atoms with E-state index in [1.165, 1.54) is 42.9 Å². The Kier molecular flexibility index (Phi) is 9.38. The molecule has 0 saturated carbocycles. The first-order chi connectivity index (χ1) is 12.3. The van der Waals surface area contributed by atoms with Crippen LogP contribution in [0.25, 0.3) is 10.8 Å². The maximum absolute atomic E-state index is 8.97. The SMILES string of the molecule is CCN(CCO)CCCCCCCCOc1ccc2ccccc2c1. The van der Waals surface area contributed by atoms with E-state index >= 15 is 0 Å². The van der Waals surface area contributed by atoms with Gasteiger partial charge in [0.25, 0.3) is 0 Å². The van der Waals surface area contributed by atoms with Gasteiger partial charge in [-0.2, -0.15) is 0 Å². The second kappa shape index (κ2) is 11.9. The summed E-state index contributed by atoms with van der Waals surface area (Å²) >= 11 is 0. The summed E-state index contributed by atoms with van der Waals surface area (Å²) in [6, 6.07) is 14.7. The molecule has 3 heteroatoms. The van der Waals surface area contributed by atoms with Gasteiger partial charge in [0.2, 0.25) is 0 Å². The monoisotopic (exact) mass is 343 g/mol. The van der Waals surface area contributed by atoms with E-state index in [2.05, 4.69) is 54.3 Å². The van der Waals surface area contributed by atoms with E-state index in [9.17, 15) is 0 Å². The van der Waals surface area contributed by atoms with E-state index in [1.54, 1.807) is 0 Å². The molecule has 0 atom stereocenters. The highest BCUT2D eigenvalue weighted by Crippen LogP contribution is 2.20. The molecule has 0 saturated heterocycles. The number of aliphatic hydroxyl groups is 1. The van der Waals surface area contributed by atoms with Gasteiger partial charge in [-0.25, -0.2) is 0 Å². The lowest BCUT2D eigenvalue weighted by atomic mass is 10.1. The number of fused-ring (bicyclic) bond motifs is 1. The summed E-state index contributed by atoms with van der Waals surface area (Å²) in [7, 11) is 0. The van der Waals surface area contributed by atoms with Gasteiger partial charge in [-0.3, -0.25) is 0 Å². The van der Waals surface area contributed by atoms with Gasteiger partial charge in [-0.1, -0.05) is 62.9 Å². The molecule has 0 unspecified atom stereocenters. The molecular weight excluding hydrogens is 310 g/mol. The van der Waals surface area contributed by atoms with Gasteiger partial charge < -0.3 is 14.7 Å². The summed E-state index contributed by atoms with van der Waals surface area (Å²) in [6.07, 6.45) is 7.47. The van der Waals surface area contributed by atoms with Crippen molar-refractivity contribution in [3.05, 3.63) is 42.5 Å². The lowest BCUT2D eigenvalue weighted by Crippen LogP contribution is -2.27. The molecule has 0 aliphatic carbocycles. The third-order valence-corrected chi connectivity index (χ3v) is 4.72. The van der Waals surface area contributed by atoms with Crippen LogP contribution >= 0.6 is 0 Å². The molecule has 138 valence electrons. The van der Waals surface area contributed by atoms with Gasteiger partial charge in [-0.15, -0.1) is 0 Å². The van der Waals surface area contributed by atoms with Crippen molar-refractivity contribution in [2.24, 2.45) is 0 Å². The number of hydrogen-bond acceptors (Lipinski definition) is 3. The van der Waals surface area contributed by atoms with E-state index in [4.69, 9.17) is 9.84 Å². The van der Waals surface area contributed by atoms with Gasteiger partial charge in [0.15, 0.2) is 0 Å². The predicted molar refractivity (Wildman–Crippen MR) is 106 cm³/mol. The van der Waals surface area contributed by atoms with Crippen LogP contribution in [0.1, 0.15) is 45.4 Å². The van der Waals surface area contributed by atoms with Crippen molar-refractivity contribution >= 4 is 10.8 Å². The number of ether oxygens (including phenoxy) is 1. The van der Waals surface area contributed by atoms with Crippen LogP contribution in [0.15, 0.2) is 42.5 Å². The van der Waals surface area contributed by atoms with E-state index in [0.29, 0.717) is 0 Å². The zero-order chi connectivity index (χ0) is 17.7. The molecule has 0 aliphatic rings. The first-order valence-electron chi connectivity index (χ1n) is 9.78. The third kappa shape index (κ3) is 7.45. The molecule has 0 amide bonds. The topological polar surface area (TPSA) is 32.7 Å². The van der Waals surface area contributed by atoms with Gasteiger partial charge in [0.1, 0.15) is 5.75 Å². The van der Waals surface area contributed by atoms with Gasteiger partial charge in [0, 0.05) is 6.54 Å². The minimum absolute atomic E-state index is 0.269. The Hall–Kier alpha value is -1.58. The number of aliphatic hydroxyl groups excluding tert-OH is 1. The number of nitrogens with zero attached hydrogens (tertiary/aromatic N) is 1. The van der Waals surface area contributed by atoms with Crippen molar-refractivity contribution < 1.29 is 9.84 Å². The lowest BCUT2D eigenvalue weighted by molar-refractivity contribution is 0.199. The molecule has 25 heavy (non-hydrogen) atoms. The maximum atomic E-state index is 8.97. The Bertz CT molecular complexity index is 599. The second-order valence-electron chi connectivity index (χ2n) is 6.64. The Labute approximate surface area is 152 Å². The van der Waals surface area contributed by atoms with E-state index in [0.717, 1.165) is 38.4 Å². The summed E-state index contributed by atoms with van der Waals surface area (Å²) in [4.78, 5) is 2.32. The normalized spacial score (nSPS) is 11.3. The van der Waals surface area contributed by atoms with Crippen molar-refractivity contribution in [2.45, 2.75) is 45.4 Å². The van der Waals surface area contributed by atoms with Crippen molar-refractivity contribution in [2.75, 3.05) is 32.8 Å². The quantitative estimate of drug-likeness (QED) is 0.527. The Morgan fingerprint density at radius 2 is 1.56 bits per heavy atom. The Balaban J connectivity index is 1.50. The molecule has 0 heterocycles. The van der Waals surface area contributed by atoms with Crippen LogP contribution in [-0.2, 0) is 0 Å². The van der Waals surface area contributed by atoms with Crippen LogP contribution in [0.4, 0.5) is 0 Å². The minimum Gasteiger partial charge on any atom is -0.494 e. The largest absolute Gasteiger partial charge is 0.494 e. The highest BCUT2D eigenvalue weighted by atomic mass is 16.5. The number of benzene rings is 2. The number of unbranched alkanes of at least 4 members (excludes halogenated alkanes) is 5. The molecule has 0 aromatic heterocycles. The van der Waals surface area contributed by atoms with Crippen molar-refractivity contribution in [1.29, 1.82) is 0 Å². The molecule has 3 nitrogen and oxygen atoms in total. The molecule has 0 aliphatic heterocycles. The number of likely N-dealkylation sites (N-methyl/N-ethyl adjacent to an activating group) is 1. The van der Waals surface area contributed by atoms with Crippen molar-refractivity contribution in [3.8, 4) is 5.75 Å². The molecule has 0 bridgehead atoms. The van der Waals surface area contributed by atoms with Crippen molar-refractivity contribution in [3.63, 3.8) is 0 Å². The van der Waals surface area contributed by atoms with Crippen LogP contribution in [0.5, 0.6) is 5.75 Å². The average molecular weight is 344 g/mol. The highest BCUT2D eigenvalue weighted by molar-refractivity contribution is 5.83. The van der Waals surface area contributed by atoms with Crippen LogP contribution in [-0.4, -0.2) is 42.9 Å². The molecule has 0 fully saturated rings. The second-order valence-corrected chi connectivity index (χ2v) is 6.64. The zero-order valence-electron chi connectivity index (χ0n) is 15.6. The molecular formula is C22H33NO2. The summed E-state index contributed by atoms with van der Waals surface area (Å²) in [5.41, 5.74) is 0. The summed E-state index contributed by atoms with van der Waals surface area (Å²) in [5, 5.41) is 11.5. The van der Waals surface area contributed by atoms with Crippen LogP contribution in [0, 0.1) is 0 Å². The molecule has 2 aromatic carbocycles. The molecule has 2 aromatic rings. The van der Waals surface area contributed by atoms with Gasteiger partial charge in [-0.05, 0) is 48.8 Å². The predicted octanol–water partition coefficient (Wildman–Crippen LogP) is 4.87. The zero-order valence-corrected chi connectivity index (χ0v) is 15.6. The van der Waals surface area contributed by atoms with Crippen LogP contribution < -0.4 is 4.74 Å². The molecule has 1 N–H and O–H groups in total. The highest BCUT2D eigenvalue weighted by Gasteiger charge is 2.01. The molecule has 0 spiro atoms. The third-order valence-electron chi connectivity index (χ3n) is 4.72. The lowest BCUT2D eigenvalue weighted by Gasteiger charge is -2.18. The first-order valence-corrected chi connectivity index (χ1v) is 9.78. The fourth-order valence-electron chi connectivity index (χ4n) is 3.16. The summed E-state index contributed by atoms with van der Waals surface area (Å²) in [5.74, 6) is 0.974. The van der Waals surface area contributed by atoms with Gasteiger partial charge >= 0.3 is 0 Å². The van der Waals surface area contributed by atoms with Gasteiger partial charge in [0.05, 0.1) is 13.2 Å². The van der Waals surface area contributed by atoms with Crippen molar-refractivity contribution in [1.82, 2.24) is 4.90 Å². The number of hydrogen-bond donors (Lipinski definition) is 1. The Morgan fingerprint density at radius 1 is 0.840 bits per heavy atom. The smallest absolute Gasteiger partial charge is 0.119 e. The fraction of sp³-hybridized carbons (Fsp3) is 0.545. The van der Waals surface area contributed by atoms with Crippen LogP contribution in [0.3, 0.4) is 0 Å². The maximum Gasteiger partial charge on any atom is 0.119 e.